The van der Waals surface area contributed by atoms with Crippen LogP contribution in [0.4, 0.5) is 5.69 Å². The summed E-state index contributed by atoms with van der Waals surface area (Å²) >= 11 is 0. The smallest absolute Gasteiger partial charge is 0.270 e. The van der Waals surface area contributed by atoms with Gasteiger partial charge in [0.15, 0.2) is 0 Å². The van der Waals surface area contributed by atoms with Crippen molar-refractivity contribution in [2.45, 2.75) is 6.54 Å². The molecule has 3 N–H and O–H groups in total. The lowest BCUT2D eigenvalue weighted by atomic mass is 10.1. The molecule has 1 amide bonds. The molecule has 2 heterocycles. The molecule has 0 bridgehead atoms. The fourth-order valence-corrected chi connectivity index (χ4v) is 2.14. The number of nitrogens with zero attached hydrogens (tertiary/aromatic N) is 2. The van der Waals surface area contributed by atoms with Crippen molar-refractivity contribution in [1.29, 1.82) is 0 Å². The van der Waals surface area contributed by atoms with Crippen molar-refractivity contribution in [2.24, 2.45) is 0 Å². The van der Waals surface area contributed by atoms with Crippen molar-refractivity contribution in [3.63, 3.8) is 0 Å². The van der Waals surface area contributed by atoms with Crippen LogP contribution < -0.4 is 11.1 Å². The molecule has 3 rings (SSSR count). The highest BCUT2D eigenvalue weighted by molar-refractivity contribution is 6.05. The standard InChI is InChI=1S/C16H14N4O/c17-13-4-3-12-5-7-19-15(14(12)8-13)16(21)20-10-11-2-1-6-18-9-11/h1-9H,10,17H2,(H,20,21). The van der Waals surface area contributed by atoms with Gasteiger partial charge < -0.3 is 11.1 Å². The zero-order valence-corrected chi connectivity index (χ0v) is 11.3. The predicted octanol–water partition coefficient (Wildman–Crippen LogP) is 2.14. The number of hydrogen-bond donors (Lipinski definition) is 2. The van der Waals surface area contributed by atoms with Crippen LogP contribution in [0.1, 0.15) is 16.1 Å². The Balaban J connectivity index is 1.86. The Morgan fingerprint density at radius 2 is 2.10 bits per heavy atom. The number of pyridine rings is 2. The first-order valence-electron chi connectivity index (χ1n) is 6.55. The van der Waals surface area contributed by atoms with Crippen molar-refractivity contribution in [2.75, 3.05) is 5.73 Å². The molecule has 0 aliphatic carbocycles. The van der Waals surface area contributed by atoms with Crippen molar-refractivity contribution in [3.8, 4) is 0 Å². The molecule has 0 aliphatic heterocycles. The third-order valence-corrected chi connectivity index (χ3v) is 3.18. The third kappa shape index (κ3) is 2.81. The Labute approximate surface area is 121 Å². The minimum Gasteiger partial charge on any atom is -0.399 e. The second kappa shape index (κ2) is 5.58. The highest BCUT2D eigenvalue weighted by Crippen LogP contribution is 2.19. The summed E-state index contributed by atoms with van der Waals surface area (Å²) in [6, 6.07) is 11.0. The van der Waals surface area contributed by atoms with Gasteiger partial charge in [-0.1, -0.05) is 12.1 Å². The first-order valence-corrected chi connectivity index (χ1v) is 6.55. The summed E-state index contributed by atoms with van der Waals surface area (Å²) in [7, 11) is 0. The van der Waals surface area contributed by atoms with E-state index in [9.17, 15) is 4.79 Å². The quantitative estimate of drug-likeness (QED) is 0.719. The van der Waals surface area contributed by atoms with Crippen LogP contribution in [0.2, 0.25) is 0 Å². The van der Waals surface area contributed by atoms with Crippen LogP contribution >= 0.6 is 0 Å². The molecule has 0 radical (unpaired) electrons. The lowest BCUT2D eigenvalue weighted by Gasteiger charge is -2.07. The van der Waals surface area contributed by atoms with Gasteiger partial charge in [0.05, 0.1) is 0 Å². The minimum atomic E-state index is -0.227. The van der Waals surface area contributed by atoms with Crippen molar-refractivity contribution < 1.29 is 4.79 Å². The summed E-state index contributed by atoms with van der Waals surface area (Å²) in [4.78, 5) is 20.5. The van der Waals surface area contributed by atoms with Crippen molar-refractivity contribution >= 4 is 22.4 Å². The van der Waals surface area contributed by atoms with E-state index in [1.165, 1.54) is 0 Å². The second-order valence-corrected chi connectivity index (χ2v) is 4.68. The highest BCUT2D eigenvalue weighted by Gasteiger charge is 2.11. The van der Waals surface area contributed by atoms with Gasteiger partial charge in [0.1, 0.15) is 5.69 Å². The molecule has 0 saturated heterocycles. The van der Waals surface area contributed by atoms with Crippen LogP contribution in [0.25, 0.3) is 10.8 Å². The summed E-state index contributed by atoms with van der Waals surface area (Å²) in [5.41, 5.74) is 7.71. The van der Waals surface area contributed by atoms with Gasteiger partial charge in [-0.2, -0.15) is 0 Å². The average molecular weight is 278 g/mol. The zero-order chi connectivity index (χ0) is 14.7. The van der Waals surface area contributed by atoms with E-state index in [2.05, 4.69) is 15.3 Å². The summed E-state index contributed by atoms with van der Waals surface area (Å²) in [6.07, 6.45) is 5.03. The Morgan fingerprint density at radius 3 is 2.90 bits per heavy atom. The van der Waals surface area contributed by atoms with E-state index in [4.69, 9.17) is 5.73 Å². The van der Waals surface area contributed by atoms with Crippen LogP contribution in [0, 0.1) is 0 Å². The van der Waals surface area contributed by atoms with Crippen LogP contribution in [-0.2, 0) is 6.54 Å². The van der Waals surface area contributed by atoms with Gasteiger partial charge in [-0.15, -0.1) is 0 Å². The molecule has 0 atom stereocenters. The molecule has 21 heavy (non-hydrogen) atoms. The monoisotopic (exact) mass is 278 g/mol. The molecule has 104 valence electrons. The Bertz CT molecular complexity index is 787. The largest absolute Gasteiger partial charge is 0.399 e. The van der Waals surface area contributed by atoms with Gasteiger partial charge in [-0.3, -0.25) is 14.8 Å². The molecule has 0 spiro atoms. The summed E-state index contributed by atoms with van der Waals surface area (Å²) in [5, 5.41) is 4.53. The maximum absolute atomic E-state index is 12.3. The molecular formula is C16H14N4O. The molecule has 0 saturated carbocycles. The number of fused-ring (bicyclic) bond motifs is 1. The van der Waals surface area contributed by atoms with Gasteiger partial charge >= 0.3 is 0 Å². The number of carbonyl (C=O) groups excluding carboxylic acids is 1. The van der Waals surface area contributed by atoms with E-state index >= 15 is 0 Å². The number of carbonyl (C=O) groups is 1. The number of rotatable bonds is 3. The van der Waals surface area contributed by atoms with Gasteiger partial charge in [-0.05, 0) is 35.2 Å². The first kappa shape index (κ1) is 13.1. The maximum atomic E-state index is 12.3. The number of amides is 1. The van der Waals surface area contributed by atoms with Crippen LogP contribution in [-0.4, -0.2) is 15.9 Å². The molecule has 5 heteroatoms. The maximum Gasteiger partial charge on any atom is 0.270 e. The van der Waals surface area contributed by atoms with E-state index in [0.29, 0.717) is 17.9 Å². The summed E-state index contributed by atoms with van der Waals surface area (Å²) in [5.74, 6) is -0.227. The molecule has 0 unspecified atom stereocenters. The fraction of sp³-hybridized carbons (Fsp3) is 0.0625. The Hall–Kier alpha value is -2.95. The SMILES string of the molecule is Nc1ccc2ccnc(C(=O)NCc3cccnc3)c2c1. The molecule has 5 nitrogen and oxygen atoms in total. The molecular weight excluding hydrogens is 264 g/mol. The van der Waals surface area contributed by atoms with Gasteiger partial charge in [0.25, 0.3) is 5.91 Å². The molecule has 3 aromatic rings. The lowest BCUT2D eigenvalue weighted by molar-refractivity contribution is 0.0948. The van der Waals surface area contributed by atoms with E-state index in [1.54, 1.807) is 30.7 Å². The summed E-state index contributed by atoms with van der Waals surface area (Å²) in [6.45, 7) is 0.410. The number of nitrogen functional groups attached to an aromatic ring is 1. The number of anilines is 1. The van der Waals surface area contributed by atoms with E-state index < -0.39 is 0 Å². The van der Waals surface area contributed by atoms with E-state index in [1.807, 2.05) is 24.3 Å². The number of nitrogens with one attached hydrogen (secondary N) is 1. The molecule has 0 aliphatic rings. The average Bonchev–Trinajstić information content (AvgIpc) is 2.53. The highest BCUT2D eigenvalue weighted by atomic mass is 16.1. The second-order valence-electron chi connectivity index (χ2n) is 4.68. The molecule has 1 aromatic carbocycles. The number of benzene rings is 1. The Kier molecular flexibility index (Phi) is 3.47. The predicted molar refractivity (Wildman–Crippen MR) is 81.6 cm³/mol. The third-order valence-electron chi connectivity index (χ3n) is 3.18. The first-order chi connectivity index (χ1) is 10.2. The van der Waals surface area contributed by atoms with E-state index in [0.717, 1.165) is 16.3 Å². The van der Waals surface area contributed by atoms with Gasteiger partial charge in [-0.25, -0.2) is 0 Å². The molecule has 0 fully saturated rings. The number of aromatic nitrogens is 2. The van der Waals surface area contributed by atoms with Crippen molar-refractivity contribution in [3.05, 3.63) is 66.2 Å². The van der Waals surface area contributed by atoms with Gasteiger partial charge in [0, 0.05) is 36.2 Å². The van der Waals surface area contributed by atoms with Crippen molar-refractivity contribution in [1.82, 2.24) is 15.3 Å². The zero-order valence-electron chi connectivity index (χ0n) is 11.3. The van der Waals surface area contributed by atoms with Crippen LogP contribution in [0.5, 0.6) is 0 Å². The van der Waals surface area contributed by atoms with Crippen LogP contribution in [0.15, 0.2) is 55.0 Å². The number of nitrogens with two attached hydrogens (primary N) is 1. The topological polar surface area (TPSA) is 80.9 Å². The normalized spacial score (nSPS) is 10.5. The van der Waals surface area contributed by atoms with E-state index in [-0.39, 0.29) is 5.91 Å². The summed E-state index contributed by atoms with van der Waals surface area (Å²) < 4.78 is 0. The minimum absolute atomic E-state index is 0.227. The lowest BCUT2D eigenvalue weighted by Crippen LogP contribution is -2.24. The number of hydrogen-bond acceptors (Lipinski definition) is 4. The fourth-order valence-electron chi connectivity index (χ4n) is 2.14. The van der Waals surface area contributed by atoms with Gasteiger partial charge in [0.2, 0.25) is 0 Å². The van der Waals surface area contributed by atoms with Crippen LogP contribution in [0.3, 0.4) is 0 Å². The Morgan fingerprint density at radius 1 is 1.19 bits per heavy atom. The molecule has 2 aromatic heterocycles.